The number of hydrogen-bond donors (Lipinski definition) is 0. The smallest absolute Gasteiger partial charge is 0.262 e. The molecule has 0 bridgehead atoms. The monoisotopic (exact) mass is 405 g/mol. The second-order valence-corrected chi connectivity index (χ2v) is 8.70. The van der Waals surface area contributed by atoms with Crippen molar-refractivity contribution in [1.82, 2.24) is 4.90 Å². The summed E-state index contributed by atoms with van der Waals surface area (Å²) in [6.45, 7) is 6.38. The maximum Gasteiger partial charge on any atom is 0.262 e. The molecule has 1 heterocycles. The quantitative estimate of drug-likeness (QED) is 0.312. The molecule has 2 aliphatic rings. The first kappa shape index (κ1) is 21.9. The van der Waals surface area contributed by atoms with Gasteiger partial charge in [-0.2, -0.15) is 0 Å². The highest BCUT2D eigenvalue weighted by atomic mass is 16.2. The highest BCUT2D eigenvalue weighted by molar-refractivity contribution is 6.22. The molecule has 0 fully saturated rings. The number of benzene rings is 1. The summed E-state index contributed by atoms with van der Waals surface area (Å²) in [4.78, 5) is 39.3. The van der Waals surface area contributed by atoms with E-state index in [1.165, 1.54) is 16.0 Å². The van der Waals surface area contributed by atoms with Crippen molar-refractivity contribution in [1.29, 1.82) is 0 Å². The largest absolute Gasteiger partial charge is 0.301 e. The van der Waals surface area contributed by atoms with Crippen LogP contribution < -0.4 is 0 Å². The van der Waals surface area contributed by atoms with Gasteiger partial charge in [0.1, 0.15) is 11.8 Å². The molecule has 1 aromatic rings. The normalized spacial score (nSPS) is 21.4. The molecule has 3 rings (SSSR count). The molecular weight excluding hydrogens is 374 g/mol. The Morgan fingerprint density at radius 3 is 2.30 bits per heavy atom. The SMILES string of the molecule is CC(C)=CCC/C(C)=C/CCC1=CCC[C@](C=O)(N2C(=O)c3ccccc3C2=O)C1. The molecule has 1 atom stereocenters. The third-order valence-corrected chi connectivity index (χ3v) is 6.05. The van der Waals surface area contributed by atoms with Gasteiger partial charge in [0.2, 0.25) is 0 Å². The predicted molar refractivity (Wildman–Crippen MR) is 119 cm³/mol. The van der Waals surface area contributed by atoms with Crippen molar-refractivity contribution in [3.63, 3.8) is 0 Å². The van der Waals surface area contributed by atoms with E-state index in [-0.39, 0.29) is 11.8 Å². The van der Waals surface area contributed by atoms with E-state index in [1.807, 2.05) is 0 Å². The first-order valence-electron chi connectivity index (χ1n) is 10.8. The topological polar surface area (TPSA) is 54.5 Å². The molecule has 0 saturated heterocycles. The van der Waals surface area contributed by atoms with Crippen molar-refractivity contribution in [2.24, 2.45) is 0 Å². The zero-order valence-corrected chi connectivity index (χ0v) is 18.2. The van der Waals surface area contributed by atoms with E-state index < -0.39 is 5.54 Å². The minimum atomic E-state index is -1.07. The van der Waals surface area contributed by atoms with E-state index >= 15 is 0 Å². The molecule has 1 aromatic carbocycles. The minimum Gasteiger partial charge on any atom is -0.301 e. The second-order valence-electron chi connectivity index (χ2n) is 8.70. The molecule has 0 N–H and O–H groups in total. The summed E-state index contributed by atoms with van der Waals surface area (Å²) in [7, 11) is 0. The van der Waals surface area contributed by atoms with Gasteiger partial charge >= 0.3 is 0 Å². The molecule has 30 heavy (non-hydrogen) atoms. The van der Waals surface area contributed by atoms with Crippen LogP contribution in [-0.4, -0.2) is 28.5 Å². The average molecular weight is 406 g/mol. The Hall–Kier alpha value is -2.75. The fourth-order valence-electron chi connectivity index (χ4n) is 4.40. The summed E-state index contributed by atoms with van der Waals surface area (Å²) < 4.78 is 0. The number of imide groups is 1. The number of aldehydes is 1. The molecule has 158 valence electrons. The number of rotatable bonds is 8. The number of hydrogen-bond acceptors (Lipinski definition) is 3. The van der Waals surface area contributed by atoms with Crippen molar-refractivity contribution in [2.75, 3.05) is 0 Å². The summed E-state index contributed by atoms with van der Waals surface area (Å²) in [5.41, 5.74) is 3.58. The Balaban J connectivity index is 1.67. The van der Waals surface area contributed by atoms with Crippen LogP contribution in [0.2, 0.25) is 0 Å². The van der Waals surface area contributed by atoms with Gasteiger partial charge in [0.25, 0.3) is 11.8 Å². The fourth-order valence-corrected chi connectivity index (χ4v) is 4.40. The molecule has 1 aliphatic carbocycles. The first-order valence-corrected chi connectivity index (χ1v) is 10.8. The van der Waals surface area contributed by atoms with E-state index in [9.17, 15) is 14.4 Å². The predicted octanol–water partition coefficient (Wildman–Crippen LogP) is 5.80. The standard InChI is InChI=1S/C26H31NO3/c1-19(2)9-6-10-20(3)11-7-12-21-13-8-16-26(17-21,18-28)27-24(29)22-14-4-5-15-23(22)25(27)30/h4-5,9,11,13-15,18H,6-8,10,12,16-17H2,1-3H3/b20-11+/t26-/m0/s1. The third kappa shape index (κ3) is 4.53. The zero-order chi connectivity index (χ0) is 21.7. The van der Waals surface area contributed by atoms with Crippen LogP contribution in [0.4, 0.5) is 0 Å². The van der Waals surface area contributed by atoms with E-state index in [1.54, 1.807) is 24.3 Å². The van der Waals surface area contributed by atoms with Gasteiger partial charge in [-0.25, -0.2) is 0 Å². The Bertz CT molecular complexity index is 898. The number of amides is 2. The van der Waals surface area contributed by atoms with Gasteiger partial charge in [0.05, 0.1) is 11.1 Å². The van der Waals surface area contributed by atoms with Gasteiger partial charge in [0.15, 0.2) is 0 Å². The van der Waals surface area contributed by atoms with Crippen LogP contribution in [0.5, 0.6) is 0 Å². The van der Waals surface area contributed by atoms with Gasteiger partial charge in [0, 0.05) is 0 Å². The summed E-state index contributed by atoms with van der Waals surface area (Å²) in [5.74, 6) is -0.696. The third-order valence-electron chi connectivity index (χ3n) is 6.05. The Kier molecular flexibility index (Phi) is 6.86. The second kappa shape index (κ2) is 9.38. The minimum absolute atomic E-state index is 0.348. The molecule has 0 saturated carbocycles. The van der Waals surface area contributed by atoms with Crippen molar-refractivity contribution in [2.45, 2.75) is 71.3 Å². The number of nitrogens with zero attached hydrogens (tertiary/aromatic N) is 1. The molecule has 0 spiro atoms. The van der Waals surface area contributed by atoms with Crippen molar-refractivity contribution < 1.29 is 14.4 Å². The van der Waals surface area contributed by atoms with Crippen LogP contribution in [0.25, 0.3) is 0 Å². The Labute approximate surface area is 179 Å². The fraction of sp³-hybridized carbons (Fsp3) is 0.423. The summed E-state index contributed by atoms with van der Waals surface area (Å²) >= 11 is 0. The summed E-state index contributed by atoms with van der Waals surface area (Å²) in [5, 5.41) is 0. The highest BCUT2D eigenvalue weighted by Crippen LogP contribution is 2.39. The number of carbonyl (C=O) groups excluding carboxylic acids is 3. The molecule has 1 aliphatic heterocycles. The lowest BCUT2D eigenvalue weighted by molar-refractivity contribution is -0.116. The van der Waals surface area contributed by atoms with Gasteiger partial charge in [-0.05, 0) is 77.8 Å². The lowest BCUT2D eigenvalue weighted by Gasteiger charge is -2.39. The van der Waals surface area contributed by atoms with E-state index in [2.05, 4.69) is 39.0 Å². The van der Waals surface area contributed by atoms with Gasteiger partial charge in [-0.1, -0.05) is 47.1 Å². The van der Waals surface area contributed by atoms with Crippen LogP contribution in [0.3, 0.4) is 0 Å². The lowest BCUT2D eigenvalue weighted by Crippen LogP contribution is -2.54. The molecule has 4 heteroatoms. The van der Waals surface area contributed by atoms with Crippen LogP contribution in [0.15, 0.2) is 59.2 Å². The molecule has 2 amide bonds. The van der Waals surface area contributed by atoms with Crippen LogP contribution in [0.1, 0.15) is 86.4 Å². The van der Waals surface area contributed by atoms with E-state index in [0.717, 1.165) is 37.5 Å². The molecule has 0 radical (unpaired) electrons. The van der Waals surface area contributed by atoms with Gasteiger partial charge in [-0.3, -0.25) is 14.5 Å². The Morgan fingerprint density at radius 2 is 1.70 bits per heavy atom. The molecular formula is C26H31NO3. The molecule has 0 aromatic heterocycles. The summed E-state index contributed by atoms with van der Waals surface area (Å²) in [6.07, 6.45) is 13.0. The zero-order valence-electron chi connectivity index (χ0n) is 18.2. The Morgan fingerprint density at radius 1 is 1.03 bits per heavy atom. The van der Waals surface area contributed by atoms with Crippen LogP contribution in [0, 0.1) is 0 Å². The molecule has 0 unspecified atom stereocenters. The van der Waals surface area contributed by atoms with Crippen molar-refractivity contribution in [3.8, 4) is 0 Å². The van der Waals surface area contributed by atoms with Crippen molar-refractivity contribution >= 4 is 18.1 Å². The maximum absolute atomic E-state index is 12.9. The summed E-state index contributed by atoms with van der Waals surface area (Å²) in [6, 6.07) is 6.83. The van der Waals surface area contributed by atoms with Crippen LogP contribution >= 0.6 is 0 Å². The average Bonchev–Trinajstić information content (AvgIpc) is 2.99. The van der Waals surface area contributed by atoms with E-state index in [0.29, 0.717) is 30.4 Å². The van der Waals surface area contributed by atoms with Crippen LogP contribution in [-0.2, 0) is 4.79 Å². The highest BCUT2D eigenvalue weighted by Gasteiger charge is 2.49. The van der Waals surface area contributed by atoms with E-state index in [4.69, 9.17) is 0 Å². The molecule has 4 nitrogen and oxygen atoms in total. The maximum atomic E-state index is 12.9. The van der Waals surface area contributed by atoms with Gasteiger partial charge in [-0.15, -0.1) is 0 Å². The number of allylic oxidation sites excluding steroid dienone is 5. The lowest BCUT2D eigenvalue weighted by atomic mass is 9.79. The van der Waals surface area contributed by atoms with Crippen molar-refractivity contribution in [3.05, 3.63) is 70.3 Å². The first-order chi connectivity index (χ1) is 14.4. The van der Waals surface area contributed by atoms with Gasteiger partial charge < -0.3 is 4.79 Å². The number of fused-ring (bicyclic) bond motifs is 1. The number of carbonyl (C=O) groups is 3.